The highest BCUT2D eigenvalue weighted by Crippen LogP contribution is 2.42. The third-order valence-electron chi connectivity index (χ3n) is 6.57. The Hall–Kier alpha value is -1.88. The maximum atomic E-state index is 12.3. The molecule has 0 radical (unpaired) electrons. The van der Waals surface area contributed by atoms with Gasteiger partial charge >= 0.3 is 0 Å². The summed E-state index contributed by atoms with van der Waals surface area (Å²) in [5, 5.41) is 12.3. The molecule has 170 valence electrons. The minimum atomic E-state index is -0.932. The molecule has 0 spiro atoms. The topological polar surface area (TPSA) is 41.9 Å². The first-order valence-corrected chi connectivity index (χ1v) is 11.9. The molecule has 0 bridgehead atoms. The number of aliphatic hydroxyl groups is 1. The molecular formula is C27H39NO3. The van der Waals surface area contributed by atoms with E-state index in [0.29, 0.717) is 0 Å². The zero-order valence-corrected chi connectivity index (χ0v) is 19.3. The Morgan fingerprint density at radius 2 is 1.65 bits per heavy atom. The van der Waals surface area contributed by atoms with Gasteiger partial charge in [0.25, 0.3) is 0 Å². The summed E-state index contributed by atoms with van der Waals surface area (Å²) < 4.78 is 10.9. The zero-order valence-electron chi connectivity index (χ0n) is 19.3. The molecular weight excluding hydrogens is 386 g/mol. The second-order valence-corrected chi connectivity index (χ2v) is 8.69. The molecule has 3 rings (SSSR count). The standard InChI is InChI=1S/C27H39NO3/c1-3-4-5-6-10-17-27(29,24-13-15-25(30-2)16-14-24)26(23-11-8-7-9-12-23)22-28-18-20-31-21-19-28/h7-9,11-16,26,29H,3-6,10,17-22H2,1-2H3. The minimum Gasteiger partial charge on any atom is -0.497 e. The number of benzene rings is 2. The molecule has 2 unspecified atom stereocenters. The van der Waals surface area contributed by atoms with Crippen LogP contribution in [0.3, 0.4) is 0 Å². The fourth-order valence-electron chi connectivity index (χ4n) is 4.66. The number of hydrogen-bond acceptors (Lipinski definition) is 4. The Morgan fingerprint density at radius 1 is 0.968 bits per heavy atom. The van der Waals surface area contributed by atoms with Crippen LogP contribution in [0, 0.1) is 0 Å². The SMILES string of the molecule is CCCCCCCC(O)(c1ccc(OC)cc1)C(CN1CCOCC1)c1ccccc1. The van der Waals surface area contributed by atoms with Crippen molar-refractivity contribution in [3.05, 3.63) is 65.7 Å². The summed E-state index contributed by atoms with van der Waals surface area (Å²) in [6.07, 6.45) is 6.66. The van der Waals surface area contributed by atoms with Crippen molar-refractivity contribution < 1.29 is 14.6 Å². The van der Waals surface area contributed by atoms with Gasteiger partial charge in [-0.25, -0.2) is 0 Å². The van der Waals surface area contributed by atoms with Crippen LogP contribution in [-0.2, 0) is 10.3 Å². The highest BCUT2D eigenvalue weighted by atomic mass is 16.5. The number of unbranched alkanes of at least 4 members (excludes halogenated alkanes) is 4. The van der Waals surface area contributed by atoms with Crippen molar-refractivity contribution >= 4 is 0 Å². The van der Waals surface area contributed by atoms with E-state index in [0.717, 1.165) is 63.4 Å². The summed E-state index contributed by atoms with van der Waals surface area (Å²) in [5.74, 6) is 0.810. The highest BCUT2D eigenvalue weighted by molar-refractivity contribution is 5.35. The number of hydrogen-bond donors (Lipinski definition) is 1. The first-order chi connectivity index (χ1) is 15.2. The average molecular weight is 426 g/mol. The molecule has 1 saturated heterocycles. The molecule has 0 saturated carbocycles. The lowest BCUT2D eigenvalue weighted by molar-refractivity contribution is -0.0296. The smallest absolute Gasteiger partial charge is 0.118 e. The van der Waals surface area contributed by atoms with Crippen LogP contribution in [0.2, 0.25) is 0 Å². The number of nitrogens with zero attached hydrogens (tertiary/aromatic N) is 1. The number of ether oxygens (including phenoxy) is 2. The molecule has 4 nitrogen and oxygen atoms in total. The van der Waals surface area contributed by atoms with E-state index in [1.807, 2.05) is 30.3 Å². The van der Waals surface area contributed by atoms with Gasteiger partial charge in [-0.15, -0.1) is 0 Å². The molecule has 1 fully saturated rings. The Bertz CT molecular complexity index is 743. The van der Waals surface area contributed by atoms with Crippen LogP contribution in [0.25, 0.3) is 0 Å². The lowest BCUT2D eigenvalue weighted by Crippen LogP contribution is -2.45. The van der Waals surface area contributed by atoms with Crippen LogP contribution in [0.5, 0.6) is 5.75 Å². The van der Waals surface area contributed by atoms with E-state index in [2.05, 4.69) is 36.1 Å². The van der Waals surface area contributed by atoms with Crippen molar-refractivity contribution in [3.63, 3.8) is 0 Å². The summed E-state index contributed by atoms with van der Waals surface area (Å²) >= 11 is 0. The second-order valence-electron chi connectivity index (χ2n) is 8.69. The summed E-state index contributed by atoms with van der Waals surface area (Å²) in [6.45, 7) is 6.42. The quantitative estimate of drug-likeness (QED) is 0.465. The molecule has 0 aromatic heterocycles. The van der Waals surface area contributed by atoms with Crippen LogP contribution in [-0.4, -0.2) is 50.0 Å². The fourth-order valence-corrected chi connectivity index (χ4v) is 4.66. The van der Waals surface area contributed by atoms with Crippen molar-refractivity contribution in [1.82, 2.24) is 4.90 Å². The van der Waals surface area contributed by atoms with E-state index in [1.54, 1.807) is 7.11 Å². The van der Waals surface area contributed by atoms with Crippen molar-refractivity contribution in [2.45, 2.75) is 57.0 Å². The molecule has 1 N–H and O–H groups in total. The monoisotopic (exact) mass is 425 g/mol. The van der Waals surface area contributed by atoms with E-state index < -0.39 is 5.60 Å². The van der Waals surface area contributed by atoms with Crippen molar-refractivity contribution in [1.29, 1.82) is 0 Å². The summed E-state index contributed by atoms with van der Waals surface area (Å²) in [6, 6.07) is 18.6. The van der Waals surface area contributed by atoms with Crippen LogP contribution in [0.15, 0.2) is 54.6 Å². The summed E-state index contributed by atoms with van der Waals surface area (Å²) in [7, 11) is 1.68. The van der Waals surface area contributed by atoms with Crippen molar-refractivity contribution in [2.75, 3.05) is 40.0 Å². The lowest BCUT2D eigenvalue weighted by Gasteiger charge is -2.41. The normalized spacial score (nSPS) is 17.8. The molecule has 2 aromatic rings. The molecule has 2 atom stereocenters. The van der Waals surface area contributed by atoms with Gasteiger partial charge in [0.15, 0.2) is 0 Å². The van der Waals surface area contributed by atoms with Gasteiger partial charge in [0.1, 0.15) is 5.75 Å². The van der Waals surface area contributed by atoms with E-state index in [-0.39, 0.29) is 5.92 Å². The summed E-state index contributed by atoms with van der Waals surface area (Å²) in [4.78, 5) is 2.44. The van der Waals surface area contributed by atoms with Gasteiger partial charge in [-0.1, -0.05) is 81.5 Å². The zero-order chi connectivity index (χ0) is 21.9. The largest absolute Gasteiger partial charge is 0.497 e. The number of morpholine rings is 1. The van der Waals surface area contributed by atoms with Gasteiger partial charge in [0.05, 0.1) is 25.9 Å². The van der Waals surface area contributed by atoms with Crippen LogP contribution >= 0.6 is 0 Å². The second kappa shape index (κ2) is 12.2. The van der Waals surface area contributed by atoms with Crippen LogP contribution in [0.4, 0.5) is 0 Å². The number of methoxy groups -OCH3 is 1. The molecule has 4 heteroatoms. The minimum absolute atomic E-state index is 0.00799. The van der Waals surface area contributed by atoms with Gasteiger partial charge in [-0.2, -0.15) is 0 Å². The Balaban J connectivity index is 1.91. The summed E-state index contributed by atoms with van der Waals surface area (Å²) in [5.41, 5.74) is 1.24. The Morgan fingerprint density at radius 3 is 2.29 bits per heavy atom. The Kier molecular flexibility index (Phi) is 9.38. The molecule has 0 aliphatic carbocycles. The van der Waals surface area contributed by atoms with E-state index in [4.69, 9.17) is 9.47 Å². The maximum Gasteiger partial charge on any atom is 0.118 e. The third kappa shape index (κ3) is 6.55. The first kappa shape index (κ1) is 23.8. The molecule has 31 heavy (non-hydrogen) atoms. The van der Waals surface area contributed by atoms with Crippen molar-refractivity contribution in [3.8, 4) is 5.75 Å². The fraction of sp³-hybridized carbons (Fsp3) is 0.556. The predicted octanol–water partition coefficient (Wildman–Crippen LogP) is 5.36. The molecule has 1 aliphatic heterocycles. The van der Waals surface area contributed by atoms with Crippen LogP contribution < -0.4 is 4.74 Å². The average Bonchev–Trinajstić information content (AvgIpc) is 2.83. The first-order valence-electron chi connectivity index (χ1n) is 11.9. The van der Waals surface area contributed by atoms with Gasteiger partial charge in [-0.05, 0) is 29.7 Å². The van der Waals surface area contributed by atoms with Gasteiger partial charge in [0.2, 0.25) is 0 Å². The third-order valence-corrected chi connectivity index (χ3v) is 6.57. The lowest BCUT2D eigenvalue weighted by atomic mass is 9.73. The highest BCUT2D eigenvalue weighted by Gasteiger charge is 2.40. The van der Waals surface area contributed by atoms with E-state index >= 15 is 0 Å². The van der Waals surface area contributed by atoms with Gasteiger partial charge < -0.3 is 14.6 Å². The molecule has 1 heterocycles. The van der Waals surface area contributed by atoms with Gasteiger partial charge in [-0.3, -0.25) is 4.90 Å². The van der Waals surface area contributed by atoms with Crippen LogP contribution in [0.1, 0.15) is 62.5 Å². The number of rotatable bonds is 12. The van der Waals surface area contributed by atoms with Crippen molar-refractivity contribution in [2.24, 2.45) is 0 Å². The molecule has 0 amide bonds. The van der Waals surface area contributed by atoms with Gasteiger partial charge in [0, 0.05) is 25.6 Å². The predicted molar refractivity (Wildman–Crippen MR) is 127 cm³/mol. The molecule has 2 aromatic carbocycles. The van der Waals surface area contributed by atoms with E-state index in [1.165, 1.54) is 24.8 Å². The maximum absolute atomic E-state index is 12.3. The molecule has 1 aliphatic rings. The Labute approximate surface area is 188 Å². The van der Waals surface area contributed by atoms with E-state index in [9.17, 15) is 5.11 Å².